The Kier molecular flexibility index (Phi) is 6.29. The fourth-order valence-electron chi connectivity index (χ4n) is 2.86. The number of ether oxygens (including phenoxy) is 1. The largest absolute Gasteiger partial charge is 0.444 e. The molecule has 1 amide bonds. The van der Waals surface area contributed by atoms with Crippen molar-refractivity contribution in [2.24, 2.45) is 0 Å². The summed E-state index contributed by atoms with van der Waals surface area (Å²) in [4.78, 5) is 13.7. The maximum Gasteiger partial charge on any atom is 0.410 e. The zero-order valence-electron chi connectivity index (χ0n) is 15.7. The van der Waals surface area contributed by atoms with Crippen LogP contribution in [0.1, 0.15) is 39.2 Å². The number of sulfonamides is 1. The maximum atomic E-state index is 13.0. The number of halogens is 1. The van der Waals surface area contributed by atoms with Crippen molar-refractivity contribution in [2.75, 3.05) is 20.1 Å². The summed E-state index contributed by atoms with van der Waals surface area (Å²) in [6.45, 7) is 6.35. The van der Waals surface area contributed by atoms with E-state index in [1.54, 1.807) is 11.9 Å². The third-order valence-corrected chi connectivity index (χ3v) is 6.21. The average Bonchev–Trinajstić information content (AvgIpc) is 2.54. The van der Waals surface area contributed by atoms with Gasteiger partial charge in [-0.05, 0) is 51.3 Å². The molecule has 0 radical (unpaired) electrons. The summed E-state index contributed by atoms with van der Waals surface area (Å²) < 4.78 is 44.9. The molecule has 0 N–H and O–H groups in total. The normalized spacial score (nSPS) is 16.8. The van der Waals surface area contributed by atoms with Gasteiger partial charge in [-0.15, -0.1) is 0 Å². The van der Waals surface area contributed by atoms with Crippen LogP contribution >= 0.6 is 0 Å². The first-order chi connectivity index (χ1) is 12.0. The first-order valence-electron chi connectivity index (χ1n) is 8.66. The minimum atomic E-state index is -3.52. The summed E-state index contributed by atoms with van der Waals surface area (Å²) in [5, 5.41) is 0. The van der Waals surface area contributed by atoms with Crippen molar-refractivity contribution in [3.63, 3.8) is 0 Å². The number of benzene rings is 1. The number of carbonyl (C=O) groups excluding carboxylic acids is 1. The van der Waals surface area contributed by atoms with Gasteiger partial charge in [-0.2, -0.15) is 0 Å². The molecule has 1 heterocycles. The van der Waals surface area contributed by atoms with Crippen molar-refractivity contribution in [1.29, 1.82) is 0 Å². The van der Waals surface area contributed by atoms with Crippen LogP contribution in [-0.4, -0.2) is 55.5 Å². The molecule has 6 nitrogen and oxygen atoms in total. The van der Waals surface area contributed by atoms with E-state index < -0.39 is 21.4 Å². The fourth-order valence-corrected chi connectivity index (χ4v) is 4.34. The van der Waals surface area contributed by atoms with Gasteiger partial charge < -0.3 is 9.64 Å². The lowest BCUT2D eigenvalue weighted by Gasteiger charge is -2.36. The molecule has 1 aliphatic heterocycles. The zero-order chi connectivity index (χ0) is 19.5. The lowest BCUT2D eigenvalue weighted by atomic mass is 10.1. The van der Waals surface area contributed by atoms with E-state index in [1.165, 1.54) is 28.6 Å². The zero-order valence-corrected chi connectivity index (χ0v) is 16.6. The van der Waals surface area contributed by atoms with Crippen LogP contribution < -0.4 is 0 Å². The summed E-state index contributed by atoms with van der Waals surface area (Å²) in [7, 11) is -1.95. The van der Waals surface area contributed by atoms with Crippen molar-refractivity contribution in [3.8, 4) is 0 Å². The van der Waals surface area contributed by atoms with E-state index in [0.29, 0.717) is 31.5 Å². The molecule has 0 aromatic heterocycles. The van der Waals surface area contributed by atoms with Gasteiger partial charge in [0.15, 0.2) is 0 Å². The Balaban J connectivity index is 1.93. The molecule has 1 fully saturated rings. The highest BCUT2D eigenvalue weighted by atomic mass is 32.2. The van der Waals surface area contributed by atoms with E-state index in [9.17, 15) is 17.6 Å². The number of likely N-dealkylation sites (tertiary alicyclic amines) is 1. The molecule has 0 spiro atoms. The highest BCUT2D eigenvalue weighted by Gasteiger charge is 2.32. The van der Waals surface area contributed by atoms with E-state index in [1.807, 2.05) is 20.8 Å². The summed E-state index contributed by atoms with van der Waals surface area (Å²) in [5.41, 5.74) is -0.00658. The average molecular weight is 386 g/mol. The third kappa shape index (κ3) is 5.67. The molecule has 0 unspecified atom stereocenters. The highest BCUT2D eigenvalue weighted by molar-refractivity contribution is 7.88. The second-order valence-corrected chi connectivity index (χ2v) is 9.63. The van der Waals surface area contributed by atoms with Crippen LogP contribution in [0.2, 0.25) is 0 Å². The summed E-state index contributed by atoms with van der Waals surface area (Å²) in [5.74, 6) is -0.565. The van der Waals surface area contributed by atoms with Crippen molar-refractivity contribution in [1.82, 2.24) is 9.21 Å². The minimum absolute atomic E-state index is 0.167. The Hall–Kier alpha value is -1.67. The second-order valence-electron chi connectivity index (χ2n) is 7.60. The van der Waals surface area contributed by atoms with Crippen LogP contribution in [0, 0.1) is 5.82 Å². The first kappa shape index (κ1) is 20.6. The van der Waals surface area contributed by atoms with Crippen molar-refractivity contribution >= 4 is 16.1 Å². The molecule has 26 heavy (non-hydrogen) atoms. The number of amides is 1. The van der Waals surface area contributed by atoms with Crippen molar-refractivity contribution in [3.05, 3.63) is 35.6 Å². The molecule has 1 aliphatic rings. The molecule has 146 valence electrons. The Morgan fingerprint density at radius 1 is 1.23 bits per heavy atom. The molecular weight excluding hydrogens is 359 g/mol. The lowest BCUT2D eigenvalue weighted by molar-refractivity contribution is 0.0183. The number of nitrogens with zero attached hydrogens (tertiary/aromatic N) is 2. The number of piperidine rings is 1. The number of carbonyl (C=O) groups is 1. The Labute approximate surface area is 155 Å². The Morgan fingerprint density at radius 3 is 2.27 bits per heavy atom. The number of hydrogen-bond acceptors (Lipinski definition) is 4. The van der Waals surface area contributed by atoms with Gasteiger partial charge in [-0.1, -0.05) is 12.1 Å². The van der Waals surface area contributed by atoms with Crippen LogP contribution in [0.4, 0.5) is 9.18 Å². The van der Waals surface area contributed by atoms with Gasteiger partial charge in [0.25, 0.3) is 0 Å². The second kappa shape index (κ2) is 7.92. The lowest BCUT2D eigenvalue weighted by Crippen LogP contribution is -2.48. The van der Waals surface area contributed by atoms with Gasteiger partial charge in [-0.3, -0.25) is 0 Å². The van der Waals surface area contributed by atoms with E-state index in [2.05, 4.69) is 0 Å². The van der Waals surface area contributed by atoms with Gasteiger partial charge in [0.05, 0.1) is 5.75 Å². The highest BCUT2D eigenvalue weighted by Crippen LogP contribution is 2.22. The van der Waals surface area contributed by atoms with Gasteiger partial charge in [0.2, 0.25) is 10.0 Å². The first-order valence-corrected chi connectivity index (χ1v) is 10.3. The molecule has 1 aromatic rings. The summed E-state index contributed by atoms with van der Waals surface area (Å²) in [6.07, 6.45) is 0.740. The van der Waals surface area contributed by atoms with Crippen LogP contribution in [0.5, 0.6) is 0 Å². The van der Waals surface area contributed by atoms with Gasteiger partial charge in [0, 0.05) is 26.2 Å². The molecule has 0 atom stereocenters. The standard InChI is InChI=1S/C18H27FN2O4S/c1-18(2,3)25-17(22)21-11-9-16(10-12-21)20(4)26(23,24)13-14-5-7-15(19)8-6-14/h5-8,16H,9-13H2,1-4H3. The number of hydrogen-bond donors (Lipinski definition) is 0. The predicted molar refractivity (Wildman–Crippen MR) is 97.6 cm³/mol. The van der Waals surface area contributed by atoms with Crippen molar-refractivity contribution < 1.29 is 22.3 Å². The van der Waals surface area contributed by atoms with E-state index >= 15 is 0 Å². The predicted octanol–water partition coefficient (Wildman–Crippen LogP) is 2.99. The fraction of sp³-hybridized carbons (Fsp3) is 0.611. The third-order valence-electron chi connectivity index (χ3n) is 4.33. The minimum Gasteiger partial charge on any atom is -0.444 e. The summed E-state index contributed by atoms with van der Waals surface area (Å²) in [6, 6.07) is 5.30. The van der Waals surface area contributed by atoms with Crippen LogP contribution in [-0.2, 0) is 20.5 Å². The molecule has 2 rings (SSSR count). The Morgan fingerprint density at radius 2 is 1.77 bits per heavy atom. The van der Waals surface area contributed by atoms with E-state index in [-0.39, 0.29) is 17.9 Å². The van der Waals surface area contributed by atoms with E-state index in [0.717, 1.165) is 0 Å². The smallest absolute Gasteiger partial charge is 0.410 e. The molecular formula is C18H27FN2O4S. The number of rotatable bonds is 4. The van der Waals surface area contributed by atoms with Crippen LogP contribution in [0.3, 0.4) is 0 Å². The Bertz CT molecular complexity index is 721. The van der Waals surface area contributed by atoms with Gasteiger partial charge >= 0.3 is 6.09 Å². The van der Waals surface area contributed by atoms with Crippen molar-refractivity contribution in [2.45, 2.75) is 51.0 Å². The van der Waals surface area contributed by atoms with Gasteiger partial charge in [-0.25, -0.2) is 21.9 Å². The van der Waals surface area contributed by atoms with E-state index in [4.69, 9.17) is 4.74 Å². The quantitative estimate of drug-likeness (QED) is 0.798. The SMILES string of the molecule is CN(C1CCN(C(=O)OC(C)(C)C)CC1)S(=O)(=O)Cc1ccc(F)cc1. The molecule has 0 bridgehead atoms. The maximum absolute atomic E-state index is 13.0. The molecule has 0 aliphatic carbocycles. The van der Waals surface area contributed by atoms with Crippen LogP contribution in [0.25, 0.3) is 0 Å². The molecule has 0 saturated carbocycles. The van der Waals surface area contributed by atoms with Crippen LogP contribution in [0.15, 0.2) is 24.3 Å². The van der Waals surface area contributed by atoms with Gasteiger partial charge in [0.1, 0.15) is 11.4 Å². The topological polar surface area (TPSA) is 66.9 Å². The molecule has 1 aromatic carbocycles. The summed E-state index contributed by atoms with van der Waals surface area (Å²) >= 11 is 0. The monoisotopic (exact) mass is 386 g/mol. The molecule has 1 saturated heterocycles. The molecule has 8 heteroatoms.